The van der Waals surface area contributed by atoms with Crippen molar-refractivity contribution < 1.29 is 4.74 Å². The minimum absolute atomic E-state index is 0.240. The molecular formula is C15H10N4O. The predicted molar refractivity (Wildman–Crippen MR) is 72.6 cm³/mol. The molecule has 5 nitrogen and oxygen atoms in total. The molecule has 5 heteroatoms. The van der Waals surface area contributed by atoms with Gasteiger partial charge in [-0.2, -0.15) is 10.2 Å². The zero-order chi connectivity index (χ0) is 13.8. The first-order valence-corrected chi connectivity index (χ1v) is 6.00. The van der Waals surface area contributed by atoms with Crippen LogP contribution in [0.2, 0.25) is 0 Å². The van der Waals surface area contributed by atoms with Crippen molar-refractivity contribution in [3.8, 4) is 23.5 Å². The van der Waals surface area contributed by atoms with E-state index in [2.05, 4.69) is 16.2 Å². The Morgan fingerprint density at radius 2 is 1.90 bits per heavy atom. The zero-order valence-electron chi connectivity index (χ0n) is 10.5. The van der Waals surface area contributed by atoms with Crippen LogP contribution in [0.1, 0.15) is 5.56 Å². The number of ether oxygens (including phenoxy) is 1. The first-order valence-electron chi connectivity index (χ1n) is 6.00. The first kappa shape index (κ1) is 11.9. The maximum Gasteiger partial charge on any atom is 0.341 e. The van der Waals surface area contributed by atoms with Crippen LogP contribution in [-0.4, -0.2) is 14.8 Å². The summed E-state index contributed by atoms with van der Waals surface area (Å²) >= 11 is 0. The van der Waals surface area contributed by atoms with Gasteiger partial charge >= 0.3 is 6.01 Å². The van der Waals surface area contributed by atoms with Gasteiger partial charge in [0.1, 0.15) is 12.1 Å². The Kier molecular flexibility index (Phi) is 3.13. The third-order valence-electron chi connectivity index (χ3n) is 2.66. The maximum atomic E-state index is 8.84. The number of hydrogen-bond donors (Lipinski definition) is 0. The topological polar surface area (TPSA) is 63.7 Å². The molecular weight excluding hydrogens is 252 g/mol. The summed E-state index contributed by atoms with van der Waals surface area (Å²) in [5.41, 5.74) is 1.44. The fraction of sp³-hybridized carbons (Fsp3) is 0. The average molecular weight is 262 g/mol. The fourth-order valence-corrected chi connectivity index (χ4v) is 1.73. The van der Waals surface area contributed by atoms with Crippen LogP contribution >= 0.6 is 0 Å². The molecule has 1 heterocycles. The highest BCUT2D eigenvalue weighted by Crippen LogP contribution is 2.19. The monoisotopic (exact) mass is 262 g/mol. The molecule has 0 unspecified atom stereocenters. The van der Waals surface area contributed by atoms with Gasteiger partial charge in [-0.15, -0.1) is 5.10 Å². The number of aromatic nitrogens is 3. The lowest BCUT2D eigenvalue weighted by atomic mass is 10.2. The van der Waals surface area contributed by atoms with Crippen LogP contribution in [0, 0.1) is 11.3 Å². The lowest BCUT2D eigenvalue weighted by Crippen LogP contribution is -1.94. The Bertz CT molecular complexity index is 759. The molecule has 0 fully saturated rings. The molecule has 0 saturated heterocycles. The van der Waals surface area contributed by atoms with Gasteiger partial charge in [-0.05, 0) is 30.3 Å². The second kappa shape index (κ2) is 5.24. The lowest BCUT2D eigenvalue weighted by Gasteiger charge is -2.01. The molecule has 1 aromatic heterocycles. The summed E-state index contributed by atoms with van der Waals surface area (Å²) in [4.78, 5) is 4.09. The molecule has 0 saturated carbocycles. The Balaban J connectivity index is 1.83. The largest absolute Gasteiger partial charge is 0.423 e. The summed E-state index contributed by atoms with van der Waals surface area (Å²) in [5.74, 6) is 0.537. The van der Waals surface area contributed by atoms with E-state index < -0.39 is 0 Å². The predicted octanol–water partition coefficient (Wildman–Crippen LogP) is 2.93. The van der Waals surface area contributed by atoms with Crippen molar-refractivity contribution in [1.29, 1.82) is 5.26 Å². The Hall–Kier alpha value is -3.13. The Morgan fingerprint density at radius 1 is 1.05 bits per heavy atom. The Labute approximate surface area is 115 Å². The molecule has 0 atom stereocenters. The van der Waals surface area contributed by atoms with Crippen LogP contribution in [0.15, 0.2) is 60.9 Å². The van der Waals surface area contributed by atoms with Crippen LogP contribution in [0.25, 0.3) is 5.69 Å². The smallest absolute Gasteiger partial charge is 0.341 e. The van der Waals surface area contributed by atoms with Gasteiger partial charge in [0.05, 0.1) is 17.3 Å². The minimum atomic E-state index is 0.240. The van der Waals surface area contributed by atoms with Crippen molar-refractivity contribution in [1.82, 2.24) is 14.8 Å². The van der Waals surface area contributed by atoms with Gasteiger partial charge in [0, 0.05) is 0 Å². The van der Waals surface area contributed by atoms with Crippen LogP contribution in [0.5, 0.6) is 11.8 Å². The van der Waals surface area contributed by atoms with Crippen LogP contribution < -0.4 is 4.74 Å². The SMILES string of the molecule is N#Cc1cccc(Oc2ncn(-c3ccccc3)n2)c1. The standard InChI is InChI=1S/C15H10N4O/c16-10-12-5-4-8-14(9-12)20-15-17-11-19(18-15)13-6-2-1-3-7-13/h1-9,11H. The molecule has 2 aromatic carbocycles. The van der Waals surface area contributed by atoms with Crippen LogP contribution in [0.3, 0.4) is 0 Å². The highest BCUT2D eigenvalue weighted by Gasteiger charge is 2.05. The molecule has 3 rings (SSSR count). The molecule has 0 aliphatic carbocycles. The van der Waals surface area contributed by atoms with E-state index in [4.69, 9.17) is 10.00 Å². The van der Waals surface area contributed by atoms with E-state index in [-0.39, 0.29) is 6.01 Å². The van der Waals surface area contributed by atoms with E-state index >= 15 is 0 Å². The van der Waals surface area contributed by atoms with E-state index in [1.165, 1.54) is 0 Å². The molecule has 0 aliphatic heterocycles. The minimum Gasteiger partial charge on any atom is -0.423 e. The summed E-state index contributed by atoms with van der Waals surface area (Å²) < 4.78 is 7.16. The van der Waals surface area contributed by atoms with Gasteiger partial charge in [-0.25, -0.2) is 4.68 Å². The summed E-state index contributed by atoms with van der Waals surface area (Å²) in [6.07, 6.45) is 1.58. The molecule has 0 amide bonds. The van der Waals surface area contributed by atoms with Gasteiger partial charge in [0.25, 0.3) is 0 Å². The van der Waals surface area contributed by atoms with Gasteiger partial charge < -0.3 is 4.74 Å². The highest BCUT2D eigenvalue weighted by atomic mass is 16.5. The molecule has 3 aromatic rings. The van der Waals surface area contributed by atoms with Crippen molar-refractivity contribution in [2.45, 2.75) is 0 Å². The molecule has 0 bridgehead atoms. The van der Waals surface area contributed by atoms with Gasteiger partial charge in [0.15, 0.2) is 0 Å². The van der Waals surface area contributed by atoms with Crippen molar-refractivity contribution in [3.05, 3.63) is 66.5 Å². The number of para-hydroxylation sites is 1. The Morgan fingerprint density at radius 3 is 2.70 bits per heavy atom. The summed E-state index contributed by atoms with van der Waals surface area (Å²) in [6.45, 7) is 0. The van der Waals surface area contributed by atoms with E-state index in [9.17, 15) is 0 Å². The second-order valence-electron chi connectivity index (χ2n) is 4.05. The lowest BCUT2D eigenvalue weighted by molar-refractivity contribution is 0.441. The normalized spacial score (nSPS) is 9.95. The maximum absolute atomic E-state index is 8.84. The first-order chi connectivity index (χ1) is 9.85. The number of rotatable bonds is 3. The van der Waals surface area contributed by atoms with Crippen LogP contribution in [-0.2, 0) is 0 Å². The highest BCUT2D eigenvalue weighted by molar-refractivity contribution is 5.37. The number of nitriles is 1. The molecule has 0 radical (unpaired) electrons. The molecule has 0 N–H and O–H groups in total. The number of benzene rings is 2. The third-order valence-corrected chi connectivity index (χ3v) is 2.66. The fourth-order valence-electron chi connectivity index (χ4n) is 1.73. The number of hydrogen-bond acceptors (Lipinski definition) is 4. The third kappa shape index (κ3) is 2.49. The molecule has 96 valence electrons. The summed E-state index contributed by atoms with van der Waals surface area (Å²) in [5, 5.41) is 13.1. The average Bonchev–Trinajstić information content (AvgIpc) is 2.97. The van der Waals surface area contributed by atoms with E-state index in [0.717, 1.165) is 5.69 Å². The number of nitrogens with zero attached hydrogens (tertiary/aromatic N) is 4. The van der Waals surface area contributed by atoms with Crippen molar-refractivity contribution in [3.63, 3.8) is 0 Å². The van der Waals surface area contributed by atoms with E-state index in [1.807, 2.05) is 30.3 Å². The molecule has 20 heavy (non-hydrogen) atoms. The quantitative estimate of drug-likeness (QED) is 0.728. The summed E-state index contributed by atoms with van der Waals surface area (Å²) in [6, 6.07) is 18.8. The van der Waals surface area contributed by atoms with Gasteiger partial charge in [-0.1, -0.05) is 24.3 Å². The van der Waals surface area contributed by atoms with E-state index in [1.54, 1.807) is 35.3 Å². The zero-order valence-corrected chi connectivity index (χ0v) is 10.5. The van der Waals surface area contributed by atoms with Gasteiger partial charge in [-0.3, -0.25) is 0 Å². The van der Waals surface area contributed by atoms with Crippen molar-refractivity contribution in [2.75, 3.05) is 0 Å². The van der Waals surface area contributed by atoms with Crippen molar-refractivity contribution in [2.24, 2.45) is 0 Å². The summed E-state index contributed by atoms with van der Waals surface area (Å²) in [7, 11) is 0. The van der Waals surface area contributed by atoms with Gasteiger partial charge in [0.2, 0.25) is 0 Å². The van der Waals surface area contributed by atoms with Crippen molar-refractivity contribution >= 4 is 0 Å². The second-order valence-corrected chi connectivity index (χ2v) is 4.05. The molecule has 0 aliphatic rings. The van der Waals surface area contributed by atoms with E-state index in [0.29, 0.717) is 11.3 Å². The molecule has 0 spiro atoms. The van der Waals surface area contributed by atoms with Crippen LogP contribution in [0.4, 0.5) is 0 Å².